The van der Waals surface area contributed by atoms with Crippen molar-refractivity contribution in [1.82, 2.24) is 15.4 Å². The summed E-state index contributed by atoms with van der Waals surface area (Å²) in [6.07, 6.45) is 2.92. The molecule has 0 spiro atoms. The Labute approximate surface area is 355 Å². The highest BCUT2D eigenvalue weighted by Crippen LogP contribution is 2.60. The van der Waals surface area contributed by atoms with Crippen LogP contribution in [0.15, 0.2) is 15.9 Å². The lowest BCUT2D eigenvalue weighted by Gasteiger charge is -2.54. The Hall–Kier alpha value is -3.79. The number of hydrogen-bond acceptors (Lipinski definition) is 12. The Morgan fingerprint density at radius 3 is 2.28 bits per heavy atom. The number of rotatable bonds is 13. The SMILES string of the molecule is CCCCOc1noc2c1C(=O)[C@@]1(O[Si](C)(C)C(C)(C)C)C(O)=C3C(=O)c4c(c(F)c5c(c4OCCCC)N(C(=O)OC(C)(C)C)CCC5N(C)C)C[C@H]3C[C@H]1[C@@H]2NCC. The molecule has 5 atom stereocenters. The van der Waals surface area contributed by atoms with Crippen molar-refractivity contribution in [2.75, 3.05) is 45.3 Å². The van der Waals surface area contributed by atoms with E-state index in [0.29, 0.717) is 26.0 Å². The lowest BCUT2D eigenvalue weighted by atomic mass is 9.58. The topological polar surface area (TPSA) is 153 Å². The van der Waals surface area contributed by atoms with Gasteiger partial charge in [0, 0.05) is 35.2 Å². The van der Waals surface area contributed by atoms with E-state index in [9.17, 15) is 9.90 Å². The van der Waals surface area contributed by atoms with Crippen molar-refractivity contribution in [2.24, 2.45) is 11.8 Å². The number of aromatic nitrogens is 1. The van der Waals surface area contributed by atoms with Gasteiger partial charge in [-0.05, 0) is 103 Å². The fourth-order valence-electron chi connectivity index (χ4n) is 9.08. The normalized spacial score (nSPS) is 24.1. The number of carbonyl (C=O) groups excluding carboxylic acids is 3. The van der Waals surface area contributed by atoms with Crippen LogP contribution < -0.4 is 19.7 Å². The molecule has 1 aromatic carbocycles. The van der Waals surface area contributed by atoms with Crippen LogP contribution in [0, 0.1) is 17.7 Å². The zero-order valence-corrected chi connectivity index (χ0v) is 39.0. The first-order chi connectivity index (χ1) is 28.1. The summed E-state index contributed by atoms with van der Waals surface area (Å²) in [6, 6.07) is -1.12. The summed E-state index contributed by atoms with van der Waals surface area (Å²) in [7, 11) is 0.762. The zero-order valence-electron chi connectivity index (χ0n) is 38.0. The van der Waals surface area contributed by atoms with Crippen molar-refractivity contribution >= 4 is 31.7 Å². The van der Waals surface area contributed by atoms with Crippen LogP contribution in [-0.2, 0) is 15.6 Å². The minimum absolute atomic E-state index is 0.0150. The molecule has 3 aliphatic carbocycles. The molecule has 1 aromatic heterocycles. The standard InChI is InChI=1S/C45H67FN4O9Si/c1-14-17-21-55-38-30-26(33(46)31-28(49(10)11)19-20-50(35(31)38)42(54)57-43(4,5)6)23-25-24-27-34(47-16-3)37-32(41(48-58-37)56-22-18-15-2)40(53)45(27,39(52)29(25)36(30)51)59-60(12,13)44(7,8)9/h25,27-28,34,47,52H,14-24H2,1-13H3/t25-,27-,28?,34-,45-/m0/s1. The van der Waals surface area contributed by atoms with Crippen molar-refractivity contribution in [3.63, 3.8) is 0 Å². The predicted octanol–water partition coefficient (Wildman–Crippen LogP) is 9.41. The van der Waals surface area contributed by atoms with Gasteiger partial charge in [0.25, 0.3) is 5.88 Å². The van der Waals surface area contributed by atoms with Crippen molar-refractivity contribution in [3.05, 3.63) is 45.2 Å². The monoisotopic (exact) mass is 854 g/mol. The minimum atomic E-state index is -2.96. The summed E-state index contributed by atoms with van der Waals surface area (Å²) in [6.45, 7) is 22.6. The van der Waals surface area contributed by atoms with Gasteiger partial charge in [0.05, 0.1) is 30.5 Å². The van der Waals surface area contributed by atoms with Gasteiger partial charge < -0.3 is 38.5 Å². The Bertz CT molecular complexity index is 2030. The van der Waals surface area contributed by atoms with E-state index in [1.807, 2.05) is 73.6 Å². The van der Waals surface area contributed by atoms with Gasteiger partial charge in [-0.25, -0.2) is 9.18 Å². The quantitative estimate of drug-likeness (QED) is 0.146. The van der Waals surface area contributed by atoms with Crippen LogP contribution in [0.25, 0.3) is 0 Å². The number of aliphatic hydroxyl groups excluding tert-OH is 1. The van der Waals surface area contributed by atoms with Crippen LogP contribution in [0.5, 0.6) is 11.6 Å². The average molecular weight is 855 g/mol. The van der Waals surface area contributed by atoms with Gasteiger partial charge in [0.2, 0.25) is 5.78 Å². The highest BCUT2D eigenvalue weighted by Gasteiger charge is 2.67. The summed E-state index contributed by atoms with van der Waals surface area (Å²) in [5.41, 5.74) is -2.32. The number of anilines is 1. The number of unbranched alkanes of at least 4 members (excludes halogenated alkanes) is 2. The van der Waals surface area contributed by atoms with Gasteiger partial charge in [0.1, 0.15) is 22.7 Å². The van der Waals surface area contributed by atoms with Crippen LogP contribution in [0.2, 0.25) is 18.1 Å². The molecule has 13 nitrogen and oxygen atoms in total. The van der Waals surface area contributed by atoms with E-state index in [0.717, 1.165) is 19.3 Å². The van der Waals surface area contributed by atoms with Gasteiger partial charge in [-0.1, -0.05) is 54.4 Å². The number of allylic oxidation sites excluding steroid dienone is 1. The number of benzene rings is 1. The first kappa shape index (κ1) is 45.7. The predicted molar refractivity (Wildman–Crippen MR) is 229 cm³/mol. The van der Waals surface area contributed by atoms with E-state index in [2.05, 4.69) is 10.5 Å². The molecule has 15 heteroatoms. The first-order valence-electron chi connectivity index (χ1n) is 21.8. The second-order valence-corrected chi connectivity index (χ2v) is 24.3. The molecule has 60 heavy (non-hydrogen) atoms. The number of Topliss-reactive ketones (excluding diaryl/α,β-unsaturated/α-hetero) is 2. The Morgan fingerprint density at radius 2 is 1.70 bits per heavy atom. The maximum atomic E-state index is 17.8. The number of aliphatic hydroxyl groups is 1. The van der Waals surface area contributed by atoms with Crippen molar-refractivity contribution in [3.8, 4) is 11.6 Å². The Morgan fingerprint density at radius 1 is 1.05 bits per heavy atom. The third-order valence-corrected chi connectivity index (χ3v) is 17.5. The van der Waals surface area contributed by atoms with Crippen LogP contribution >= 0.6 is 0 Å². The number of amides is 1. The molecule has 1 amide bonds. The van der Waals surface area contributed by atoms with E-state index >= 15 is 14.0 Å². The van der Waals surface area contributed by atoms with Crippen molar-refractivity contribution in [1.29, 1.82) is 0 Å². The Kier molecular flexibility index (Phi) is 12.8. The van der Waals surface area contributed by atoms with Gasteiger partial charge >= 0.3 is 6.09 Å². The van der Waals surface area contributed by atoms with Gasteiger partial charge in [-0.15, -0.1) is 0 Å². The van der Waals surface area contributed by atoms with E-state index in [1.54, 1.807) is 20.8 Å². The number of nitrogens with one attached hydrogen (secondary N) is 1. The largest absolute Gasteiger partial charge is 0.508 e. The molecule has 0 radical (unpaired) electrons. The molecule has 0 bridgehead atoms. The third-order valence-electron chi connectivity index (χ3n) is 13.0. The Balaban J connectivity index is 1.65. The number of halogens is 1. The number of ketones is 2. The maximum absolute atomic E-state index is 17.8. The van der Waals surface area contributed by atoms with Crippen molar-refractivity contribution in [2.45, 2.75) is 149 Å². The molecule has 0 fully saturated rings. The highest BCUT2D eigenvalue weighted by atomic mass is 28.4. The van der Waals surface area contributed by atoms with Crippen LogP contribution in [-0.4, -0.2) is 92.7 Å². The third kappa shape index (κ3) is 7.70. The number of carbonyl (C=O) groups is 3. The maximum Gasteiger partial charge on any atom is 0.414 e. The average Bonchev–Trinajstić information content (AvgIpc) is 3.57. The summed E-state index contributed by atoms with van der Waals surface area (Å²) < 4.78 is 49.4. The number of hydrogen-bond donors (Lipinski definition) is 2. The molecule has 6 rings (SSSR count). The van der Waals surface area contributed by atoms with Crippen molar-refractivity contribution < 1.29 is 47.0 Å². The van der Waals surface area contributed by atoms with Crippen LogP contribution in [0.3, 0.4) is 0 Å². The molecule has 1 unspecified atom stereocenters. The van der Waals surface area contributed by atoms with E-state index in [4.69, 9.17) is 23.2 Å². The summed E-state index contributed by atoms with van der Waals surface area (Å²) >= 11 is 0. The lowest BCUT2D eigenvalue weighted by molar-refractivity contribution is -0.0321. The van der Waals surface area contributed by atoms with E-state index < -0.39 is 77.7 Å². The molecule has 0 saturated heterocycles. The summed E-state index contributed by atoms with van der Waals surface area (Å²) in [4.78, 5) is 48.4. The second-order valence-electron chi connectivity index (χ2n) is 19.6. The molecular formula is C45H67FN4O9Si. The van der Waals surface area contributed by atoms with Gasteiger partial charge in [0.15, 0.2) is 31.2 Å². The minimum Gasteiger partial charge on any atom is -0.508 e. The number of nitrogens with zero attached hydrogens (tertiary/aromatic N) is 3. The molecule has 2 N–H and O–H groups in total. The highest BCUT2D eigenvalue weighted by molar-refractivity contribution is 6.74. The van der Waals surface area contributed by atoms with Crippen LogP contribution in [0.4, 0.5) is 14.9 Å². The smallest absolute Gasteiger partial charge is 0.414 e. The second kappa shape index (κ2) is 16.8. The molecule has 1 aliphatic heterocycles. The number of fused-ring (bicyclic) bond motifs is 5. The first-order valence-corrected chi connectivity index (χ1v) is 24.7. The van der Waals surface area contributed by atoms with Gasteiger partial charge in [-0.2, -0.15) is 0 Å². The molecule has 332 valence electrons. The lowest BCUT2D eigenvalue weighted by Crippen LogP contribution is -2.65. The van der Waals surface area contributed by atoms with E-state index in [-0.39, 0.29) is 76.9 Å². The molecule has 2 aromatic rings. The molecule has 0 saturated carbocycles. The number of ether oxygens (including phenoxy) is 3. The summed E-state index contributed by atoms with van der Waals surface area (Å²) in [5, 5.41) is 20.4. The van der Waals surface area contributed by atoms with Crippen LogP contribution in [0.1, 0.15) is 151 Å². The molecular weight excluding hydrogens is 788 g/mol. The van der Waals surface area contributed by atoms with E-state index in [1.165, 1.54) is 4.90 Å². The zero-order chi connectivity index (χ0) is 44.3. The fourth-order valence-corrected chi connectivity index (χ4v) is 10.5. The molecule has 2 heterocycles. The summed E-state index contributed by atoms with van der Waals surface area (Å²) in [5.74, 6) is -3.43. The molecule has 4 aliphatic rings. The fraction of sp³-hybridized carbons (Fsp3) is 0.689. The van der Waals surface area contributed by atoms with Gasteiger partial charge in [-0.3, -0.25) is 14.5 Å².